The van der Waals surface area contributed by atoms with Crippen molar-refractivity contribution < 1.29 is 9.59 Å². The molecule has 1 aliphatic heterocycles. The van der Waals surface area contributed by atoms with Crippen LogP contribution < -0.4 is 5.32 Å². The molecular weight excluding hydrogens is 364 g/mol. The molecule has 1 saturated carbocycles. The van der Waals surface area contributed by atoms with Crippen LogP contribution in [-0.4, -0.2) is 39.6 Å². The highest BCUT2D eigenvalue weighted by Crippen LogP contribution is 2.59. The average Bonchev–Trinajstić information content (AvgIpc) is 3.19. The van der Waals surface area contributed by atoms with Crippen LogP contribution in [0, 0.1) is 11.3 Å². The topological polar surface area (TPSA) is 67.2 Å². The SMILES string of the molecule is O=C(Nc1ccc(-n2cccn2)cc1)C1CC12CCN(C(=O)C1=CCCC1)CC2. The molecule has 5 rings (SSSR count). The van der Waals surface area contributed by atoms with Gasteiger partial charge in [-0.25, -0.2) is 4.68 Å². The summed E-state index contributed by atoms with van der Waals surface area (Å²) >= 11 is 0. The van der Waals surface area contributed by atoms with E-state index in [1.807, 2.05) is 41.4 Å². The van der Waals surface area contributed by atoms with Crippen molar-refractivity contribution in [1.82, 2.24) is 14.7 Å². The zero-order valence-electron chi connectivity index (χ0n) is 16.5. The van der Waals surface area contributed by atoms with Gasteiger partial charge in [0.25, 0.3) is 0 Å². The molecule has 2 amide bonds. The van der Waals surface area contributed by atoms with Gasteiger partial charge in [-0.1, -0.05) is 6.08 Å². The molecule has 2 heterocycles. The van der Waals surface area contributed by atoms with E-state index in [1.54, 1.807) is 10.9 Å². The Balaban J connectivity index is 1.15. The van der Waals surface area contributed by atoms with E-state index < -0.39 is 0 Å². The number of allylic oxidation sites excluding steroid dienone is 1. The summed E-state index contributed by atoms with van der Waals surface area (Å²) in [5.41, 5.74) is 2.86. The Morgan fingerprint density at radius 1 is 1.14 bits per heavy atom. The third kappa shape index (κ3) is 3.48. The third-order valence-corrected chi connectivity index (χ3v) is 6.77. The Morgan fingerprint density at radius 2 is 1.93 bits per heavy atom. The van der Waals surface area contributed by atoms with Gasteiger partial charge in [0.1, 0.15) is 0 Å². The maximum atomic E-state index is 12.8. The zero-order chi connectivity index (χ0) is 19.8. The summed E-state index contributed by atoms with van der Waals surface area (Å²) in [6, 6.07) is 9.62. The number of amides is 2. The maximum Gasteiger partial charge on any atom is 0.249 e. The molecular formula is C23H26N4O2. The molecule has 2 fully saturated rings. The molecule has 0 radical (unpaired) electrons. The summed E-state index contributed by atoms with van der Waals surface area (Å²) < 4.78 is 1.79. The number of likely N-dealkylation sites (tertiary alicyclic amines) is 1. The Morgan fingerprint density at radius 3 is 2.59 bits per heavy atom. The first-order valence-corrected chi connectivity index (χ1v) is 10.5. The Labute approximate surface area is 170 Å². The van der Waals surface area contributed by atoms with E-state index in [2.05, 4.69) is 16.5 Å². The van der Waals surface area contributed by atoms with Crippen molar-refractivity contribution in [2.75, 3.05) is 18.4 Å². The van der Waals surface area contributed by atoms with Crippen LogP contribution in [0.15, 0.2) is 54.4 Å². The fourth-order valence-electron chi connectivity index (χ4n) is 4.84. The summed E-state index contributed by atoms with van der Waals surface area (Å²) in [5, 5.41) is 7.28. The summed E-state index contributed by atoms with van der Waals surface area (Å²) in [6.07, 6.45) is 11.6. The van der Waals surface area contributed by atoms with E-state index in [0.29, 0.717) is 0 Å². The van der Waals surface area contributed by atoms with Gasteiger partial charge in [-0.15, -0.1) is 0 Å². The highest BCUT2D eigenvalue weighted by Gasteiger charge is 2.58. The van der Waals surface area contributed by atoms with Gasteiger partial charge >= 0.3 is 0 Å². The van der Waals surface area contributed by atoms with Crippen molar-refractivity contribution in [1.29, 1.82) is 0 Å². The molecule has 0 bridgehead atoms. The maximum absolute atomic E-state index is 12.8. The minimum atomic E-state index is 0.0660. The highest BCUT2D eigenvalue weighted by molar-refractivity contribution is 5.96. The van der Waals surface area contributed by atoms with Crippen molar-refractivity contribution in [2.24, 2.45) is 11.3 Å². The lowest BCUT2D eigenvalue weighted by Crippen LogP contribution is -2.40. The monoisotopic (exact) mass is 390 g/mol. The third-order valence-electron chi connectivity index (χ3n) is 6.77. The number of rotatable bonds is 4. The van der Waals surface area contributed by atoms with Crippen molar-refractivity contribution >= 4 is 17.5 Å². The van der Waals surface area contributed by atoms with Gasteiger partial charge in [0.05, 0.1) is 5.69 Å². The second kappa shape index (κ2) is 7.17. The molecule has 1 saturated heterocycles. The number of benzene rings is 1. The van der Waals surface area contributed by atoms with E-state index in [0.717, 1.165) is 68.6 Å². The molecule has 29 heavy (non-hydrogen) atoms. The van der Waals surface area contributed by atoms with Gasteiger partial charge in [-0.2, -0.15) is 5.10 Å². The number of nitrogens with one attached hydrogen (secondary N) is 1. The number of piperidine rings is 1. The Hall–Kier alpha value is -2.89. The van der Waals surface area contributed by atoms with Crippen LogP contribution in [0.3, 0.4) is 0 Å². The van der Waals surface area contributed by atoms with Crippen LogP contribution in [0.1, 0.15) is 38.5 Å². The van der Waals surface area contributed by atoms with Crippen LogP contribution in [0.25, 0.3) is 5.69 Å². The van der Waals surface area contributed by atoms with Crippen molar-refractivity contribution in [3.05, 3.63) is 54.4 Å². The van der Waals surface area contributed by atoms with Gasteiger partial charge in [-0.05, 0) is 74.3 Å². The molecule has 2 aromatic rings. The molecule has 1 aromatic carbocycles. The number of nitrogens with zero attached hydrogens (tertiary/aromatic N) is 3. The number of hydrogen-bond donors (Lipinski definition) is 1. The minimum Gasteiger partial charge on any atom is -0.339 e. The van der Waals surface area contributed by atoms with Crippen LogP contribution in [-0.2, 0) is 9.59 Å². The molecule has 1 aromatic heterocycles. The fraction of sp³-hybridized carbons (Fsp3) is 0.435. The smallest absolute Gasteiger partial charge is 0.249 e. The van der Waals surface area contributed by atoms with Crippen LogP contribution in [0.4, 0.5) is 5.69 Å². The zero-order valence-corrected chi connectivity index (χ0v) is 16.5. The molecule has 1 N–H and O–H groups in total. The number of aromatic nitrogens is 2. The lowest BCUT2D eigenvalue weighted by molar-refractivity contribution is -0.128. The van der Waals surface area contributed by atoms with E-state index >= 15 is 0 Å². The first-order valence-electron chi connectivity index (χ1n) is 10.5. The van der Waals surface area contributed by atoms with Gasteiger partial charge in [-0.3, -0.25) is 9.59 Å². The van der Waals surface area contributed by atoms with Crippen molar-refractivity contribution in [3.63, 3.8) is 0 Å². The molecule has 3 aliphatic rings. The number of carbonyl (C=O) groups excluding carboxylic acids is 2. The largest absolute Gasteiger partial charge is 0.339 e. The quantitative estimate of drug-likeness (QED) is 0.868. The van der Waals surface area contributed by atoms with Gasteiger partial charge < -0.3 is 10.2 Å². The van der Waals surface area contributed by atoms with Crippen LogP contribution >= 0.6 is 0 Å². The van der Waals surface area contributed by atoms with Crippen LogP contribution in [0.5, 0.6) is 0 Å². The van der Waals surface area contributed by atoms with Gasteiger partial charge in [0.2, 0.25) is 11.8 Å². The highest BCUT2D eigenvalue weighted by atomic mass is 16.2. The second-order valence-corrected chi connectivity index (χ2v) is 8.52. The number of anilines is 1. The fourth-order valence-corrected chi connectivity index (χ4v) is 4.84. The van der Waals surface area contributed by atoms with Crippen LogP contribution in [0.2, 0.25) is 0 Å². The first kappa shape index (κ1) is 18.2. The number of carbonyl (C=O) groups is 2. The van der Waals surface area contributed by atoms with E-state index in [-0.39, 0.29) is 23.1 Å². The first-order chi connectivity index (χ1) is 14.1. The lowest BCUT2D eigenvalue weighted by atomic mass is 9.90. The Kier molecular flexibility index (Phi) is 4.49. The molecule has 1 spiro atoms. The average molecular weight is 390 g/mol. The number of hydrogen-bond acceptors (Lipinski definition) is 3. The predicted molar refractivity (Wildman–Crippen MR) is 110 cm³/mol. The summed E-state index contributed by atoms with van der Waals surface area (Å²) in [7, 11) is 0. The van der Waals surface area contributed by atoms with E-state index in [4.69, 9.17) is 0 Å². The molecule has 2 aliphatic carbocycles. The molecule has 150 valence electrons. The minimum absolute atomic E-state index is 0.0660. The molecule has 6 nitrogen and oxygen atoms in total. The predicted octanol–water partition coefficient (Wildman–Crippen LogP) is 3.55. The standard InChI is InChI=1S/C23H26N4O2/c28-21(25-18-6-8-19(9-7-18)27-13-3-12-24-27)20-16-23(20)10-14-26(15-11-23)22(29)17-4-1-2-5-17/h3-4,6-9,12-13,20H,1-2,5,10-11,14-16H2,(H,25,28). The molecule has 1 unspecified atom stereocenters. The molecule has 6 heteroatoms. The lowest BCUT2D eigenvalue weighted by Gasteiger charge is -2.33. The van der Waals surface area contributed by atoms with Crippen molar-refractivity contribution in [2.45, 2.75) is 38.5 Å². The van der Waals surface area contributed by atoms with Gasteiger partial charge in [0, 0.05) is 42.7 Å². The van der Waals surface area contributed by atoms with Gasteiger partial charge in [0.15, 0.2) is 0 Å². The summed E-state index contributed by atoms with van der Waals surface area (Å²) in [5.74, 6) is 0.391. The van der Waals surface area contributed by atoms with E-state index in [9.17, 15) is 9.59 Å². The normalized spacial score (nSPS) is 22.4. The Bertz CT molecular complexity index is 938. The second-order valence-electron chi connectivity index (χ2n) is 8.52. The summed E-state index contributed by atoms with van der Waals surface area (Å²) in [4.78, 5) is 27.3. The summed E-state index contributed by atoms with van der Waals surface area (Å²) in [6.45, 7) is 1.55. The van der Waals surface area contributed by atoms with Crippen molar-refractivity contribution in [3.8, 4) is 5.69 Å². The molecule has 1 atom stereocenters. The van der Waals surface area contributed by atoms with E-state index in [1.165, 1.54) is 0 Å².